The van der Waals surface area contributed by atoms with Gasteiger partial charge in [0.25, 0.3) is 0 Å². The third-order valence-corrected chi connectivity index (χ3v) is 4.52. The predicted molar refractivity (Wildman–Crippen MR) is 81.8 cm³/mol. The molecule has 1 nitrogen and oxygen atoms in total. The van der Waals surface area contributed by atoms with Crippen LogP contribution in [0.15, 0.2) is 12.1 Å². The highest BCUT2D eigenvalue weighted by molar-refractivity contribution is 5.33. The van der Waals surface area contributed by atoms with Crippen LogP contribution >= 0.6 is 0 Å². The van der Waals surface area contributed by atoms with Crippen molar-refractivity contribution in [3.8, 4) is 5.75 Å². The van der Waals surface area contributed by atoms with Crippen LogP contribution in [-0.4, -0.2) is 6.61 Å². The van der Waals surface area contributed by atoms with E-state index in [1.807, 2.05) is 6.92 Å². The first kappa shape index (κ1) is 16.3. The highest BCUT2D eigenvalue weighted by atomic mass is 19.2. The van der Waals surface area contributed by atoms with Crippen LogP contribution in [0.3, 0.4) is 0 Å². The SMILES string of the molecule is CCCOc1ccc(C2CCC(CCC)CC2)c(F)c1F. The maximum absolute atomic E-state index is 14.3. The van der Waals surface area contributed by atoms with Crippen LogP contribution in [0.4, 0.5) is 8.78 Å². The van der Waals surface area contributed by atoms with Crippen molar-refractivity contribution >= 4 is 0 Å². The molecule has 0 aromatic heterocycles. The lowest BCUT2D eigenvalue weighted by Gasteiger charge is -2.29. The molecule has 0 heterocycles. The minimum atomic E-state index is -0.823. The number of rotatable bonds is 6. The van der Waals surface area contributed by atoms with Gasteiger partial charge in [-0.05, 0) is 55.6 Å². The van der Waals surface area contributed by atoms with E-state index in [-0.39, 0.29) is 11.7 Å². The zero-order valence-electron chi connectivity index (χ0n) is 13.1. The average molecular weight is 296 g/mol. The van der Waals surface area contributed by atoms with Gasteiger partial charge >= 0.3 is 0 Å². The molecule has 1 saturated carbocycles. The van der Waals surface area contributed by atoms with Crippen LogP contribution in [0.5, 0.6) is 5.75 Å². The first-order valence-electron chi connectivity index (χ1n) is 8.28. The van der Waals surface area contributed by atoms with Crippen LogP contribution < -0.4 is 4.74 Å². The highest BCUT2D eigenvalue weighted by Gasteiger charge is 2.26. The molecule has 3 heteroatoms. The van der Waals surface area contributed by atoms with Crippen LogP contribution in [0.2, 0.25) is 0 Å². The minimum absolute atomic E-state index is 0.0396. The first-order valence-corrected chi connectivity index (χ1v) is 8.28. The van der Waals surface area contributed by atoms with Crippen molar-refractivity contribution in [3.05, 3.63) is 29.3 Å². The Kier molecular flexibility index (Phi) is 6.01. The Morgan fingerprint density at radius 2 is 1.71 bits per heavy atom. The Hall–Kier alpha value is -1.12. The number of benzene rings is 1. The Balaban J connectivity index is 2.06. The van der Waals surface area contributed by atoms with Crippen LogP contribution in [0.1, 0.15) is 70.3 Å². The fourth-order valence-electron chi connectivity index (χ4n) is 3.36. The molecule has 1 aliphatic carbocycles. The van der Waals surface area contributed by atoms with E-state index in [1.165, 1.54) is 12.8 Å². The summed E-state index contributed by atoms with van der Waals surface area (Å²) in [6, 6.07) is 3.30. The Morgan fingerprint density at radius 1 is 1.00 bits per heavy atom. The smallest absolute Gasteiger partial charge is 0.200 e. The van der Waals surface area contributed by atoms with Gasteiger partial charge in [0.05, 0.1) is 6.61 Å². The molecule has 2 rings (SSSR count). The van der Waals surface area contributed by atoms with E-state index in [2.05, 4.69) is 6.92 Å². The number of halogens is 2. The van der Waals surface area contributed by atoms with E-state index in [0.717, 1.165) is 38.0 Å². The number of ether oxygens (including phenoxy) is 1. The second kappa shape index (κ2) is 7.77. The summed E-state index contributed by atoms with van der Waals surface area (Å²) in [7, 11) is 0. The van der Waals surface area contributed by atoms with Gasteiger partial charge < -0.3 is 4.74 Å². The van der Waals surface area contributed by atoms with Gasteiger partial charge in [-0.25, -0.2) is 4.39 Å². The van der Waals surface area contributed by atoms with E-state index in [9.17, 15) is 8.78 Å². The van der Waals surface area contributed by atoms with Gasteiger partial charge in [0.15, 0.2) is 11.6 Å². The molecule has 0 N–H and O–H groups in total. The predicted octanol–water partition coefficient (Wildman–Crippen LogP) is 5.83. The van der Waals surface area contributed by atoms with E-state index in [0.29, 0.717) is 12.2 Å². The molecule has 0 bridgehead atoms. The van der Waals surface area contributed by atoms with Crippen LogP contribution in [0, 0.1) is 17.6 Å². The zero-order valence-corrected chi connectivity index (χ0v) is 13.1. The maximum Gasteiger partial charge on any atom is 0.200 e. The lowest BCUT2D eigenvalue weighted by Crippen LogP contribution is -2.15. The van der Waals surface area contributed by atoms with E-state index >= 15 is 0 Å². The monoisotopic (exact) mass is 296 g/mol. The standard InChI is InChI=1S/C18H26F2O/c1-3-5-13-6-8-14(9-7-13)15-10-11-16(21-12-4-2)18(20)17(15)19/h10-11,13-14H,3-9,12H2,1-2H3. The molecule has 0 unspecified atom stereocenters. The highest BCUT2D eigenvalue weighted by Crippen LogP contribution is 2.39. The molecule has 1 aromatic rings. The van der Waals surface area contributed by atoms with Gasteiger partial charge in [0.1, 0.15) is 0 Å². The summed E-state index contributed by atoms with van der Waals surface area (Å²) in [4.78, 5) is 0. The Labute approximate surface area is 126 Å². The molecule has 0 radical (unpaired) electrons. The Morgan fingerprint density at radius 3 is 2.33 bits per heavy atom. The third kappa shape index (κ3) is 3.96. The average Bonchev–Trinajstić information content (AvgIpc) is 2.50. The maximum atomic E-state index is 14.3. The van der Waals surface area contributed by atoms with Gasteiger partial charge in [-0.2, -0.15) is 4.39 Å². The summed E-state index contributed by atoms with van der Waals surface area (Å²) < 4.78 is 33.5. The molecule has 0 atom stereocenters. The van der Waals surface area contributed by atoms with E-state index in [1.54, 1.807) is 12.1 Å². The van der Waals surface area contributed by atoms with Gasteiger partial charge in [-0.3, -0.25) is 0 Å². The Bertz CT molecular complexity index is 451. The molecule has 1 aromatic carbocycles. The summed E-state index contributed by atoms with van der Waals surface area (Å²) in [6.07, 6.45) is 7.45. The third-order valence-electron chi connectivity index (χ3n) is 4.52. The second-order valence-corrected chi connectivity index (χ2v) is 6.14. The fraction of sp³-hybridized carbons (Fsp3) is 0.667. The summed E-state index contributed by atoms with van der Waals surface area (Å²) in [5.41, 5.74) is 0.534. The van der Waals surface area contributed by atoms with Crippen molar-refractivity contribution in [2.45, 2.75) is 64.7 Å². The number of hydrogen-bond donors (Lipinski definition) is 0. The fourth-order valence-corrected chi connectivity index (χ4v) is 3.36. The van der Waals surface area contributed by atoms with E-state index < -0.39 is 11.6 Å². The molecule has 0 aliphatic heterocycles. The van der Waals surface area contributed by atoms with Crippen molar-refractivity contribution in [2.24, 2.45) is 5.92 Å². The van der Waals surface area contributed by atoms with Gasteiger partial charge in [-0.1, -0.05) is 32.8 Å². The van der Waals surface area contributed by atoms with Crippen LogP contribution in [0.25, 0.3) is 0 Å². The molecule has 0 saturated heterocycles. The summed E-state index contributed by atoms with van der Waals surface area (Å²) in [6.45, 7) is 4.56. The van der Waals surface area contributed by atoms with Crippen molar-refractivity contribution in [2.75, 3.05) is 6.61 Å². The lowest BCUT2D eigenvalue weighted by molar-refractivity contribution is 0.287. The van der Waals surface area contributed by atoms with Crippen LogP contribution in [-0.2, 0) is 0 Å². The molecular formula is C18H26F2O. The van der Waals surface area contributed by atoms with Crippen molar-refractivity contribution in [3.63, 3.8) is 0 Å². The van der Waals surface area contributed by atoms with Crippen molar-refractivity contribution in [1.29, 1.82) is 0 Å². The summed E-state index contributed by atoms with van der Waals surface area (Å²) in [5.74, 6) is -0.559. The van der Waals surface area contributed by atoms with Gasteiger partial charge in [0, 0.05) is 0 Å². The van der Waals surface area contributed by atoms with Gasteiger partial charge in [0.2, 0.25) is 5.82 Å². The molecule has 0 amide bonds. The zero-order chi connectivity index (χ0) is 15.2. The molecular weight excluding hydrogens is 270 g/mol. The first-order chi connectivity index (χ1) is 10.2. The largest absolute Gasteiger partial charge is 0.490 e. The second-order valence-electron chi connectivity index (χ2n) is 6.14. The molecule has 118 valence electrons. The normalized spacial score (nSPS) is 22.3. The molecule has 21 heavy (non-hydrogen) atoms. The molecule has 1 fully saturated rings. The van der Waals surface area contributed by atoms with Crippen molar-refractivity contribution in [1.82, 2.24) is 0 Å². The molecule has 1 aliphatic rings. The topological polar surface area (TPSA) is 9.23 Å². The minimum Gasteiger partial charge on any atom is -0.490 e. The van der Waals surface area contributed by atoms with E-state index in [4.69, 9.17) is 4.74 Å². The van der Waals surface area contributed by atoms with Gasteiger partial charge in [-0.15, -0.1) is 0 Å². The lowest BCUT2D eigenvalue weighted by atomic mass is 9.77. The molecule has 0 spiro atoms. The summed E-state index contributed by atoms with van der Waals surface area (Å²) >= 11 is 0. The summed E-state index contributed by atoms with van der Waals surface area (Å²) in [5, 5.41) is 0. The van der Waals surface area contributed by atoms with Crippen molar-refractivity contribution < 1.29 is 13.5 Å². The number of hydrogen-bond acceptors (Lipinski definition) is 1. The quantitative estimate of drug-likeness (QED) is 0.642.